The van der Waals surface area contributed by atoms with E-state index in [1.54, 1.807) is 63.2 Å². The number of hydrazone groups is 1. The van der Waals surface area contributed by atoms with E-state index in [2.05, 4.69) is 10.5 Å². The summed E-state index contributed by atoms with van der Waals surface area (Å²) in [6.45, 7) is 6.89. The fraction of sp³-hybridized carbons (Fsp3) is 0.259. The normalized spacial score (nSPS) is 11.8. The number of carbonyl (C=O) groups excluding carboxylic acids is 1. The zero-order valence-corrected chi connectivity index (χ0v) is 23.8. The van der Waals surface area contributed by atoms with Gasteiger partial charge >= 0.3 is 0 Å². The molecule has 3 aromatic rings. The summed E-state index contributed by atoms with van der Waals surface area (Å²) in [6, 6.07) is 13.0. The molecular formula is C27H29Cl2N3O5S. The highest BCUT2D eigenvalue weighted by Gasteiger charge is 2.30. The Morgan fingerprint density at radius 1 is 1.05 bits per heavy atom. The second-order valence-electron chi connectivity index (χ2n) is 8.70. The Kier molecular flexibility index (Phi) is 9.78. The standard InChI is InChI=1S/C27H29Cl2N3O5S/c1-5-37-25-13-20(7-9-24(25)33)14-30-31-26(34)16-32(15-21-6-8-22(28)23(29)12-21)38(35,36)27-18(3)10-17(2)11-19(27)4/h6-14,33H,5,15-16H2,1-4H3,(H,31,34)/b30-14+. The maximum Gasteiger partial charge on any atom is 0.255 e. The number of hydrogen-bond acceptors (Lipinski definition) is 6. The van der Waals surface area contributed by atoms with E-state index in [0.29, 0.717) is 33.9 Å². The summed E-state index contributed by atoms with van der Waals surface area (Å²) in [7, 11) is -4.09. The fourth-order valence-electron chi connectivity index (χ4n) is 4.03. The molecule has 202 valence electrons. The Labute approximate surface area is 232 Å². The molecule has 8 nitrogen and oxygen atoms in total. The van der Waals surface area contributed by atoms with E-state index in [1.165, 1.54) is 12.3 Å². The molecule has 0 unspecified atom stereocenters. The van der Waals surface area contributed by atoms with E-state index in [9.17, 15) is 18.3 Å². The number of nitrogens with zero attached hydrogens (tertiary/aromatic N) is 2. The minimum Gasteiger partial charge on any atom is -0.504 e. The largest absolute Gasteiger partial charge is 0.504 e. The Morgan fingerprint density at radius 2 is 1.74 bits per heavy atom. The minimum absolute atomic E-state index is 0.0159. The van der Waals surface area contributed by atoms with Crippen molar-refractivity contribution in [2.24, 2.45) is 5.10 Å². The highest BCUT2D eigenvalue weighted by molar-refractivity contribution is 7.89. The van der Waals surface area contributed by atoms with Gasteiger partial charge in [-0.15, -0.1) is 0 Å². The molecule has 0 aliphatic rings. The van der Waals surface area contributed by atoms with Crippen LogP contribution in [-0.4, -0.2) is 43.1 Å². The summed E-state index contributed by atoms with van der Waals surface area (Å²) in [5.41, 5.74) is 5.60. The molecule has 0 radical (unpaired) electrons. The minimum atomic E-state index is -4.09. The van der Waals surface area contributed by atoms with Crippen LogP contribution in [-0.2, 0) is 21.4 Å². The lowest BCUT2D eigenvalue weighted by Crippen LogP contribution is -2.39. The van der Waals surface area contributed by atoms with Gasteiger partial charge in [0.05, 0.1) is 34.3 Å². The van der Waals surface area contributed by atoms with Crippen LogP contribution < -0.4 is 10.2 Å². The van der Waals surface area contributed by atoms with Crippen LogP contribution in [0.25, 0.3) is 0 Å². The van der Waals surface area contributed by atoms with Gasteiger partial charge in [-0.3, -0.25) is 4.79 Å². The van der Waals surface area contributed by atoms with Gasteiger partial charge in [0, 0.05) is 6.54 Å². The number of hydrogen-bond donors (Lipinski definition) is 2. The molecule has 0 aliphatic heterocycles. The molecule has 2 N–H and O–H groups in total. The van der Waals surface area contributed by atoms with Crippen molar-refractivity contribution in [3.8, 4) is 11.5 Å². The number of rotatable bonds is 10. The molecule has 3 rings (SSSR count). The van der Waals surface area contributed by atoms with Crippen molar-refractivity contribution >= 4 is 45.3 Å². The zero-order chi connectivity index (χ0) is 28.0. The Morgan fingerprint density at radius 3 is 2.37 bits per heavy atom. The van der Waals surface area contributed by atoms with Crippen molar-refractivity contribution in [2.75, 3.05) is 13.2 Å². The number of ether oxygens (including phenoxy) is 1. The van der Waals surface area contributed by atoms with E-state index in [-0.39, 0.29) is 28.0 Å². The first kappa shape index (κ1) is 29.4. The topological polar surface area (TPSA) is 108 Å². The Bertz CT molecular complexity index is 1450. The van der Waals surface area contributed by atoms with Crippen LogP contribution in [0.1, 0.15) is 34.7 Å². The quantitative estimate of drug-likeness (QED) is 0.249. The highest BCUT2D eigenvalue weighted by atomic mass is 35.5. The number of phenols is 1. The summed E-state index contributed by atoms with van der Waals surface area (Å²) in [5, 5.41) is 14.4. The van der Waals surface area contributed by atoms with Gasteiger partial charge in [-0.05, 0) is 80.3 Å². The van der Waals surface area contributed by atoms with Crippen molar-refractivity contribution in [3.63, 3.8) is 0 Å². The molecule has 0 aromatic heterocycles. The van der Waals surface area contributed by atoms with Crippen LogP contribution in [0, 0.1) is 20.8 Å². The van der Waals surface area contributed by atoms with Crippen LogP contribution in [0.5, 0.6) is 11.5 Å². The summed E-state index contributed by atoms with van der Waals surface area (Å²) in [6.07, 6.45) is 1.37. The predicted octanol–water partition coefficient (Wildman–Crippen LogP) is 5.36. The number of carbonyl (C=O) groups is 1. The third-order valence-corrected chi connectivity index (χ3v) is 8.39. The highest BCUT2D eigenvalue weighted by Crippen LogP contribution is 2.29. The lowest BCUT2D eigenvalue weighted by atomic mass is 10.1. The first-order chi connectivity index (χ1) is 17.9. The molecule has 11 heteroatoms. The number of phenolic OH excluding ortho intramolecular Hbond substituents is 1. The summed E-state index contributed by atoms with van der Waals surface area (Å²) in [5.74, 6) is -0.375. The third-order valence-electron chi connectivity index (χ3n) is 5.55. The number of nitrogens with one attached hydrogen (secondary N) is 1. The lowest BCUT2D eigenvalue weighted by Gasteiger charge is -2.24. The van der Waals surface area contributed by atoms with Crippen LogP contribution in [0.2, 0.25) is 10.0 Å². The smallest absolute Gasteiger partial charge is 0.255 e. The number of aromatic hydroxyl groups is 1. The number of amides is 1. The average Bonchev–Trinajstić information content (AvgIpc) is 2.82. The lowest BCUT2D eigenvalue weighted by molar-refractivity contribution is -0.121. The average molecular weight is 579 g/mol. The van der Waals surface area contributed by atoms with E-state index < -0.39 is 22.5 Å². The summed E-state index contributed by atoms with van der Waals surface area (Å²) >= 11 is 12.2. The molecule has 0 fully saturated rings. The second kappa shape index (κ2) is 12.6. The van der Waals surface area contributed by atoms with Gasteiger partial charge in [-0.2, -0.15) is 9.41 Å². The van der Waals surface area contributed by atoms with Crippen molar-refractivity contribution in [1.29, 1.82) is 0 Å². The molecule has 38 heavy (non-hydrogen) atoms. The van der Waals surface area contributed by atoms with Crippen LogP contribution in [0.3, 0.4) is 0 Å². The molecule has 0 spiro atoms. The van der Waals surface area contributed by atoms with Gasteiger partial charge in [-0.25, -0.2) is 13.8 Å². The van der Waals surface area contributed by atoms with Crippen molar-refractivity contribution in [3.05, 3.63) is 86.4 Å². The molecule has 0 bridgehead atoms. The number of benzene rings is 3. The first-order valence-electron chi connectivity index (χ1n) is 11.7. The van der Waals surface area contributed by atoms with Gasteiger partial charge in [0.25, 0.3) is 5.91 Å². The zero-order valence-electron chi connectivity index (χ0n) is 21.5. The van der Waals surface area contributed by atoms with Gasteiger partial charge in [0.2, 0.25) is 10.0 Å². The van der Waals surface area contributed by atoms with Gasteiger partial charge in [-0.1, -0.05) is 47.0 Å². The van der Waals surface area contributed by atoms with Gasteiger partial charge in [0.1, 0.15) is 0 Å². The first-order valence-corrected chi connectivity index (χ1v) is 13.9. The Hall–Kier alpha value is -3.11. The van der Waals surface area contributed by atoms with Crippen LogP contribution in [0.4, 0.5) is 0 Å². The maximum absolute atomic E-state index is 13.8. The van der Waals surface area contributed by atoms with E-state index in [1.807, 2.05) is 6.92 Å². The monoisotopic (exact) mass is 577 g/mol. The number of halogens is 2. The SMILES string of the molecule is CCOc1cc(/C=N/NC(=O)CN(Cc2ccc(Cl)c(Cl)c2)S(=O)(=O)c2c(C)cc(C)cc2C)ccc1O. The third kappa shape index (κ3) is 7.26. The molecule has 0 saturated carbocycles. The molecule has 1 amide bonds. The number of aryl methyl sites for hydroxylation is 3. The Balaban J connectivity index is 1.87. The summed E-state index contributed by atoms with van der Waals surface area (Å²) < 4.78 is 34.1. The van der Waals surface area contributed by atoms with Gasteiger partial charge in [0.15, 0.2) is 11.5 Å². The molecule has 0 aliphatic carbocycles. The van der Waals surface area contributed by atoms with E-state index in [4.69, 9.17) is 27.9 Å². The molecule has 0 saturated heterocycles. The number of sulfonamides is 1. The molecule has 0 heterocycles. The van der Waals surface area contributed by atoms with Gasteiger partial charge < -0.3 is 9.84 Å². The molecular weight excluding hydrogens is 549 g/mol. The predicted molar refractivity (Wildman–Crippen MR) is 150 cm³/mol. The molecule has 0 atom stereocenters. The maximum atomic E-state index is 13.8. The van der Waals surface area contributed by atoms with E-state index in [0.717, 1.165) is 9.87 Å². The van der Waals surface area contributed by atoms with Crippen molar-refractivity contribution in [2.45, 2.75) is 39.1 Å². The van der Waals surface area contributed by atoms with Crippen molar-refractivity contribution in [1.82, 2.24) is 9.73 Å². The van der Waals surface area contributed by atoms with Crippen molar-refractivity contribution < 1.29 is 23.1 Å². The summed E-state index contributed by atoms with van der Waals surface area (Å²) in [4.78, 5) is 13.0. The van der Waals surface area contributed by atoms with Crippen LogP contribution in [0.15, 0.2) is 58.5 Å². The van der Waals surface area contributed by atoms with E-state index >= 15 is 0 Å². The van der Waals surface area contributed by atoms with Crippen LogP contribution >= 0.6 is 23.2 Å². The molecule has 3 aromatic carbocycles. The second-order valence-corrected chi connectivity index (χ2v) is 11.4. The fourth-order valence-corrected chi connectivity index (χ4v) is 6.14.